The Morgan fingerprint density at radius 2 is 2.00 bits per heavy atom. The third-order valence-corrected chi connectivity index (χ3v) is 4.80. The number of aromatic nitrogens is 6. The maximum absolute atomic E-state index is 14.2. The molecule has 3 aromatic heterocycles. The van der Waals surface area contributed by atoms with Crippen LogP contribution in [0, 0.1) is 12.7 Å². The van der Waals surface area contributed by atoms with Crippen LogP contribution in [0.4, 0.5) is 4.39 Å². The maximum atomic E-state index is 14.2. The van der Waals surface area contributed by atoms with E-state index in [4.69, 9.17) is 0 Å². The third kappa shape index (κ3) is 2.36. The minimum atomic E-state index is -0.375. The van der Waals surface area contributed by atoms with Crippen molar-refractivity contribution in [2.75, 3.05) is 0 Å². The lowest BCUT2D eigenvalue weighted by Crippen LogP contribution is -1.96. The molecule has 0 fully saturated rings. The summed E-state index contributed by atoms with van der Waals surface area (Å²) in [6.07, 6.45) is 0. The van der Waals surface area contributed by atoms with Crippen LogP contribution in [0.2, 0.25) is 0 Å². The number of nitrogens with zero attached hydrogens (tertiary/aromatic N) is 6. The summed E-state index contributed by atoms with van der Waals surface area (Å²) in [6.45, 7) is 1.92. The topological polar surface area (TPSA) is 60.9 Å². The second-order valence-electron chi connectivity index (χ2n) is 5.04. The minimum Gasteiger partial charge on any atom is -0.265 e. The lowest BCUT2D eigenvalue weighted by Gasteiger charge is -2.00. The molecule has 1 aromatic carbocycles. The molecule has 0 radical (unpaired) electrons. The molecule has 0 N–H and O–H groups in total. The van der Waals surface area contributed by atoms with Crippen LogP contribution < -0.4 is 0 Å². The van der Waals surface area contributed by atoms with Crippen LogP contribution in [0.15, 0.2) is 28.7 Å². The minimum absolute atomic E-state index is 0.360. The van der Waals surface area contributed by atoms with Gasteiger partial charge in [-0.3, -0.25) is 4.68 Å². The van der Waals surface area contributed by atoms with E-state index >= 15 is 0 Å². The lowest BCUT2D eigenvalue weighted by atomic mass is 10.2. The quantitative estimate of drug-likeness (QED) is 0.523. The average molecular weight is 393 g/mol. The summed E-state index contributed by atoms with van der Waals surface area (Å²) in [5.74, 6) is 0.00555. The van der Waals surface area contributed by atoms with E-state index in [9.17, 15) is 4.39 Å². The van der Waals surface area contributed by atoms with Crippen LogP contribution in [-0.2, 0) is 7.05 Å². The molecule has 0 atom stereocenters. The largest absolute Gasteiger partial charge is 0.265 e. The Labute approximate surface area is 142 Å². The van der Waals surface area contributed by atoms with Crippen molar-refractivity contribution in [3.8, 4) is 22.1 Å². The van der Waals surface area contributed by atoms with Gasteiger partial charge in [-0.25, -0.2) is 4.39 Å². The van der Waals surface area contributed by atoms with Crippen molar-refractivity contribution >= 4 is 32.2 Å². The van der Waals surface area contributed by atoms with Crippen molar-refractivity contribution in [3.05, 3.63) is 40.2 Å². The van der Waals surface area contributed by atoms with Crippen molar-refractivity contribution in [3.63, 3.8) is 0 Å². The molecule has 116 valence electrons. The van der Waals surface area contributed by atoms with Crippen LogP contribution in [0.1, 0.15) is 5.69 Å². The summed E-state index contributed by atoms with van der Waals surface area (Å²) in [5.41, 5.74) is 2.16. The molecule has 0 aliphatic carbocycles. The fraction of sp³-hybridized carbons (Fsp3) is 0.143. The molecule has 0 saturated heterocycles. The normalized spacial score (nSPS) is 11.5. The number of fused-ring (bicyclic) bond motifs is 1. The number of benzene rings is 1. The van der Waals surface area contributed by atoms with Gasteiger partial charge in [0.15, 0.2) is 10.8 Å². The summed E-state index contributed by atoms with van der Waals surface area (Å²) in [7, 11) is 1.86. The first-order valence-corrected chi connectivity index (χ1v) is 8.32. The molecule has 0 amide bonds. The summed E-state index contributed by atoms with van der Waals surface area (Å²) in [4.78, 5) is 0.608. The monoisotopic (exact) mass is 392 g/mol. The fourth-order valence-electron chi connectivity index (χ4n) is 2.37. The van der Waals surface area contributed by atoms with Crippen LogP contribution in [-0.4, -0.2) is 29.6 Å². The van der Waals surface area contributed by atoms with Crippen molar-refractivity contribution in [1.29, 1.82) is 0 Å². The number of hydrogen-bond donors (Lipinski definition) is 0. The first kappa shape index (κ1) is 14.5. The zero-order valence-corrected chi connectivity index (χ0v) is 14.6. The summed E-state index contributed by atoms with van der Waals surface area (Å²) < 4.78 is 18.2. The van der Waals surface area contributed by atoms with E-state index in [0.29, 0.717) is 20.8 Å². The molecule has 0 saturated carbocycles. The van der Waals surface area contributed by atoms with Crippen LogP contribution >= 0.6 is 27.3 Å². The van der Waals surface area contributed by atoms with Crippen molar-refractivity contribution < 1.29 is 4.39 Å². The van der Waals surface area contributed by atoms with E-state index in [-0.39, 0.29) is 5.82 Å². The van der Waals surface area contributed by atoms with Gasteiger partial charge in [-0.1, -0.05) is 27.3 Å². The third-order valence-electron chi connectivity index (χ3n) is 3.38. The van der Waals surface area contributed by atoms with Gasteiger partial charge < -0.3 is 0 Å². The molecule has 0 aliphatic heterocycles. The van der Waals surface area contributed by atoms with E-state index in [1.165, 1.54) is 17.4 Å². The van der Waals surface area contributed by atoms with Gasteiger partial charge >= 0.3 is 0 Å². The first-order chi connectivity index (χ1) is 11.0. The molecule has 4 aromatic rings. The molecule has 0 unspecified atom stereocenters. The molecule has 0 bridgehead atoms. The lowest BCUT2D eigenvalue weighted by molar-refractivity contribution is 0.628. The van der Waals surface area contributed by atoms with E-state index in [2.05, 4.69) is 36.3 Å². The standard InChI is InChI=1S/C14H10BrFN6S/c1-7-5-11(21(2)19-7)13-20-22-12(17-18-14(22)23-13)9-4-3-8(15)6-10(9)16/h3-6H,1-2H3. The molecule has 3 heterocycles. The highest BCUT2D eigenvalue weighted by Gasteiger charge is 2.18. The van der Waals surface area contributed by atoms with Gasteiger partial charge in [-0.05, 0) is 31.2 Å². The van der Waals surface area contributed by atoms with Gasteiger partial charge in [-0.2, -0.15) is 14.7 Å². The maximum Gasteiger partial charge on any atom is 0.235 e. The van der Waals surface area contributed by atoms with Crippen molar-refractivity contribution in [2.45, 2.75) is 6.92 Å². The van der Waals surface area contributed by atoms with Gasteiger partial charge in [-0.15, -0.1) is 10.2 Å². The van der Waals surface area contributed by atoms with Crippen LogP contribution in [0.25, 0.3) is 27.1 Å². The molecule has 23 heavy (non-hydrogen) atoms. The Bertz CT molecular complexity index is 1030. The highest BCUT2D eigenvalue weighted by atomic mass is 79.9. The van der Waals surface area contributed by atoms with Gasteiger partial charge in [0.25, 0.3) is 0 Å². The molecule has 9 heteroatoms. The zero-order valence-electron chi connectivity index (χ0n) is 12.2. The number of hydrogen-bond acceptors (Lipinski definition) is 5. The van der Waals surface area contributed by atoms with Gasteiger partial charge in [0.2, 0.25) is 4.96 Å². The second kappa shape index (κ2) is 5.20. The highest BCUT2D eigenvalue weighted by Crippen LogP contribution is 2.29. The molecule has 6 nitrogen and oxygen atoms in total. The summed E-state index contributed by atoms with van der Waals surface area (Å²) >= 11 is 4.64. The van der Waals surface area contributed by atoms with Crippen LogP contribution in [0.3, 0.4) is 0 Å². The molecular weight excluding hydrogens is 383 g/mol. The zero-order chi connectivity index (χ0) is 16.1. The van der Waals surface area contributed by atoms with Gasteiger partial charge in [0.1, 0.15) is 5.82 Å². The average Bonchev–Trinajstić information content (AvgIpc) is 3.13. The Morgan fingerprint density at radius 1 is 1.17 bits per heavy atom. The fourth-order valence-corrected chi connectivity index (χ4v) is 3.59. The smallest absolute Gasteiger partial charge is 0.235 e. The van der Waals surface area contributed by atoms with E-state index < -0.39 is 0 Å². The van der Waals surface area contributed by atoms with Crippen molar-refractivity contribution in [1.82, 2.24) is 29.6 Å². The Balaban J connectivity index is 1.88. The van der Waals surface area contributed by atoms with Crippen molar-refractivity contribution in [2.24, 2.45) is 7.05 Å². The predicted octanol–water partition coefficient (Wildman–Crippen LogP) is 3.46. The SMILES string of the molecule is Cc1cc(-c2nn3c(-c4ccc(Br)cc4F)nnc3s2)n(C)n1. The summed E-state index contributed by atoms with van der Waals surface area (Å²) in [6, 6.07) is 6.76. The molecular formula is C14H10BrFN6S. The predicted molar refractivity (Wildman–Crippen MR) is 88.7 cm³/mol. The van der Waals surface area contributed by atoms with Gasteiger partial charge in [0.05, 0.1) is 17.0 Å². The van der Waals surface area contributed by atoms with E-state index in [0.717, 1.165) is 16.4 Å². The van der Waals surface area contributed by atoms with Crippen LogP contribution in [0.5, 0.6) is 0 Å². The number of aryl methyl sites for hydroxylation is 2. The number of rotatable bonds is 2. The summed E-state index contributed by atoms with van der Waals surface area (Å²) in [5, 5.41) is 17.8. The number of halogens is 2. The first-order valence-electron chi connectivity index (χ1n) is 6.71. The van der Waals surface area contributed by atoms with E-state index in [1.54, 1.807) is 21.3 Å². The van der Waals surface area contributed by atoms with Gasteiger partial charge in [0, 0.05) is 11.5 Å². The molecule has 0 spiro atoms. The Morgan fingerprint density at radius 3 is 2.70 bits per heavy atom. The second-order valence-corrected chi connectivity index (χ2v) is 6.92. The highest BCUT2D eigenvalue weighted by molar-refractivity contribution is 9.10. The Kier molecular flexibility index (Phi) is 3.27. The Hall–Kier alpha value is -2.13. The van der Waals surface area contributed by atoms with E-state index in [1.807, 2.05) is 20.0 Å². The molecule has 0 aliphatic rings. The molecule has 4 rings (SSSR count).